The fourth-order valence-corrected chi connectivity index (χ4v) is 3.63. The molecule has 0 aromatic heterocycles. The molecule has 7 heteroatoms. The third-order valence-corrected chi connectivity index (χ3v) is 5.25. The average molecular weight is 413 g/mol. The maximum absolute atomic E-state index is 13.5. The van der Waals surface area contributed by atoms with Crippen molar-refractivity contribution in [2.24, 2.45) is 0 Å². The molecule has 1 atom stereocenters. The highest BCUT2D eigenvalue weighted by Crippen LogP contribution is 2.39. The number of hydrogen-bond acceptors (Lipinski definition) is 4. The van der Waals surface area contributed by atoms with Crippen molar-refractivity contribution in [3.05, 3.63) is 70.5 Å². The number of benzene rings is 2. The minimum absolute atomic E-state index is 0.00457. The summed E-state index contributed by atoms with van der Waals surface area (Å²) in [6.45, 7) is 2.77. The van der Waals surface area contributed by atoms with Gasteiger partial charge in [-0.1, -0.05) is 12.1 Å². The van der Waals surface area contributed by atoms with Gasteiger partial charge in [0.15, 0.2) is 0 Å². The van der Waals surface area contributed by atoms with Crippen LogP contribution in [0.2, 0.25) is 0 Å². The summed E-state index contributed by atoms with van der Waals surface area (Å²) in [6.07, 6.45) is 0. The van der Waals surface area contributed by atoms with E-state index in [0.717, 1.165) is 10.5 Å². The Hall–Kier alpha value is -3.19. The highest BCUT2D eigenvalue weighted by Gasteiger charge is 2.46. The molecule has 1 aliphatic rings. The summed E-state index contributed by atoms with van der Waals surface area (Å²) >= 11 is 0. The Morgan fingerprint density at radius 1 is 1.17 bits per heavy atom. The van der Waals surface area contributed by atoms with Crippen LogP contribution in [0, 0.1) is 12.7 Å². The zero-order valence-electron chi connectivity index (χ0n) is 17.5. The van der Waals surface area contributed by atoms with Crippen molar-refractivity contribution in [2.45, 2.75) is 13.0 Å². The van der Waals surface area contributed by atoms with Crippen LogP contribution in [-0.2, 0) is 9.59 Å². The van der Waals surface area contributed by atoms with E-state index >= 15 is 0 Å². The average Bonchev–Trinajstić information content (AvgIpc) is 2.96. The van der Waals surface area contributed by atoms with Gasteiger partial charge in [-0.3, -0.25) is 9.59 Å². The Morgan fingerprint density at radius 2 is 1.83 bits per heavy atom. The molecule has 1 amide bonds. The summed E-state index contributed by atoms with van der Waals surface area (Å²) < 4.78 is 18.7. The van der Waals surface area contributed by atoms with Crippen LogP contribution in [0.5, 0.6) is 5.75 Å². The molecule has 1 fully saturated rings. The number of quaternary nitrogens is 1. The number of amides is 1. The number of rotatable bonds is 6. The number of ketones is 1. The number of likely N-dealkylation sites (N-methyl/N-ethyl adjacent to an activating group) is 1. The first-order chi connectivity index (χ1) is 14.2. The molecule has 2 aromatic rings. The molecule has 3 rings (SSSR count). The molecular formula is C23H26FN2O4+. The second kappa shape index (κ2) is 8.67. The van der Waals surface area contributed by atoms with Crippen molar-refractivity contribution in [1.82, 2.24) is 4.90 Å². The van der Waals surface area contributed by atoms with Gasteiger partial charge in [0, 0.05) is 5.56 Å². The van der Waals surface area contributed by atoms with Gasteiger partial charge in [0.1, 0.15) is 17.3 Å². The summed E-state index contributed by atoms with van der Waals surface area (Å²) in [6, 6.07) is 9.89. The van der Waals surface area contributed by atoms with E-state index in [1.165, 1.54) is 29.2 Å². The number of methoxy groups -OCH3 is 1. The van der Waals surface area contributed by atoms with Gasteiger partial charge < -0.3 is 19.6 Å². The van der Waals surface area contributed by atoms with Gasteiger partial charge in [0.25, 0.3) is 11.7 Å². The third-order valence-electron chi connectivity index (χ3n) is 5.25. The van der Waals surface area contributed by atoms with Crippen LogP contribution in [0.25, 0.3) is 5.76 Å². The van der Waals surface area contributed by atoms with E-state index in [4.69, 9.17) is 4.74 Å². The van der Waals surface area contributed by atoms with Crippen LogP contribution in [0.15, 0.2) is 48.0 Å². The molecule has 0 saturated carbocycles. The van der Waals surface area contributed by atoms with Crippen molar-refractivity contribution < 1.29 is 28.7 Å². The normalized spacial score (nSPS) is 18.3. The van der Waals surface area contributed by atoms with Gasteiger partial charge >= 0.3 is 0 Å². The van der Waals surface area contributed by atoms with Crippen LogP contribution in [0.4, 0.5) is 4.39 Å². The first kappa shape index (κ1) is 21.5. The van der Waals surface area contributed by atoms with Gasteiger partial charge in [-0.05, 0) is 48.4 Å². The monoisotopic (exact) mass is 413 g/mol. The lowest BCUT2D eigenvalue weighted by molar-refractivity contribution is -0.857. The zero-order chi connectivity index (χ0) is 22.0. The zero-order valence-corrected chi connectivity index (χ0v) is 17.5. The maximum atomic E-state index is 13.5. The third kappa shape index (κ3) is 4.07. The van der Waals surface area contributed by atoms with E-state index in [-0.39, 0.29) is 11.3 Å². The molecule has 1 saturated heterocycles. The molecular weight excluding hydrogens is 387 g/mol. The van der Waals surface area contributed by atoms with E-state index in [0.29, 0.717) is 30.0 Å². The summed E-state index contributed by atoms with van der Waals surface area (Å²) in [5, 5.41) is 11.0. The fourth-order valence-electron chi connectivity index (χ4n) is 3.63. The number of ether oxygens (including phenoxy) is 1. The molecule has 1 aliphatic heterocycles. The Labute approximate surface area is 175 Å². The molecule has 1 heterocycles. The van der Waals surface area contributed by atoms with Crippen LogP contribution < -0.4 is 9.64 Å². The number of carbonyl (C=O) groups is 2. The number of nitrogens with one attached hydrogen (secondary N) is 1. The lowest BCUT2D eigenvalue weighted by Gasteiger charge is -2.25. The van der Waals surface area contributed by atoms with Crippen LogP contribution in [0.3, 0.4) is 0 Å². The van der Waals surface area contributed by atoms with Gasteiger partial charge in [0.05, 0.1) is 45.9 Å². The number of halogens is 1. The number of aliphatic hydroxyl groups excluding tert-OH is 1. The first-order valence-electron chi connectivity index (χ1n) is 9.72. The summed E-state index contributed by atoms with van der Waals surface area (Å²) in [4.78, 5) is 28.3. The van der Waals surface area contributed by atoms with E-state index < -0.39 is 23.5 Å². The number of nitrogens with zero attached hydrogens (tertiary/aromatic N) is 1. The van der Waals surface area contributed by atoms with Crippen molar-refractivity contribution in [3.8, 4) is 5.75 Å². The second-order valence-electron chi connectivity index (χ2n) is 7.69. The minimum Gasteiger partial charge on any atom is -0.507 e. The Bertz CT molecular complexity index is 999. The highest BCUT2D eigenvalue weighted by molar-refractivity contribution is 6.46. The number of likely N-dealkylation sites (tertiary alicyclic amines) is 1. The molecule has 1 unspecified atom stereocenters. The highest BCUT2D eigenvalue weighted by atomic mass is 19.1. The van der Waals surface area contributed by atoms with Crippen molar-refractivity contribution in [2.75, 3.05) is 34.3 Å². The minimum atomic E-state index is -0.785. The van der Waals surface area contributed by atoms with Crippen LogP contribution in [-0.4, -0.2) is 56.0 Å². The van der Waals surface area contributed by atoms with Crippen LogP contribution >= 0.6 is 0 Å². The van der Waals surface area contributed by atoms with Crippen molar-refractivity contribution in [1.29, 1.82) is 0 Å². The van der Waals surface area contributed by atoms with Crippen molar-refractivity contribution in [3.63, 3.8) is 0 Å². The summed E-state index contributed by atoms with van der Waals surface area (Å²) in [5.74, 6) is -1.44. The quantitative estimate of drug-likeness (QED) is 0.430. The van der Waals surface area contributed by atoms with Crippen LogP contribution in [0.1, 0.15) is 22.7 Å². The molecule has 6 nitrogen and oxygen atoms in total. The van der Waals surface area contributed by atoms with E-state index in [1.54, 1.807) is 25.3 Å². The number of hydrogen-bond donors (Lipinski definition) is 2. The largest absolute Gasteiger partial charge is 0.507 e. The summed E-state index contributed by atoms with van der Waals surface area (Å²) in [5.41, 5.74) is 1.77. The number of carbonyl (C=O) groups excluding carboxylic acids is 2. The number of aryl methyl sites for hydroxylation is 1. The van der Waals surface area contributed by atoms with Crippen molar-refractivity contribution >= 4 is 17.4 Å². The lowest BCUT2D eigenvalue weighted by Crippen LogP contribution is -3.06. The Morgan fingerprint density at radius 3 is 2.40 bits per heavy atom. The molecule has 0 aliphatic carbocycles. The van der Waals surface area contributed by atoms with E-state index in [9.17, 15) is 19.1 Å². The van der Waals surface area contributed by atoms with Gasteiger partial charge in [0.2, 0.25) is 0 Å². The predicted octanol–water partition coefficient (Wildman–Crippen LogP) is 1.71. The Kier molecular flexibility index (Phi) is 6.22. The predicted molar refractivity (Wildman–Crippen MR) is 111 cm³/mol. The topological polar surface area (TPSA) is 71.3 Å². The van der Waals surface area contributed by atoms with E-state index in [1.807, 2.05) is 21.0 Å². The SMILES string of the molecule is COc1ccc(C(O)=C2C(=O)C(=O)N(CC[NH+](C)C)C2c2ccc(F)cc2)cc1C. The second-order valence-corrected chi connectivity index (χ2v) is 7.69. The van der Waals surface area contributed by atoms with E-state index in [2.05, 4.69) is 0 Å². The fraction of sp³-hybridized carbons (Fsp3) is 0.304. The number of Topliss-reactive ketones (excluding diaryl/α,β-unsaturated/α-hetero) is 1. The Balaban J connectivity index is 2.14. The maximum Gasteiger partial charge on any atom is 0.295 e. The molecule has 2 aromatic carbocycles. The van der Waals surface area contributed by atoms with Gasteiger partial charge in [-0.2, -0.15) is 0 Å². The molecule has 0 radical (unpaired) electrons. The molecule has 2 N–H and O–H groups in total. The molecule has 0 bridgehead atoms. The standard InChI is InChI=1S/C23H25FN2O4/c1-14-13-16(7-10-18(14)30-4)21(27)19-20(15-5-8-17(24)9-6-15)26(12-11-25(2)3)23(29)22(19)28/h5-10,13,20,27H,11-12H2,1-4H3/p+1. The van der Waals surface area contributed by atoms with Gasteiger partial charge in [-0.15, -0.1) is 0 Å². The smallest absolute Gasteiger partial charge is 0.295 e. The van der Waals surface area contributed by atoms with Gasteiger partial charge in [-0.25, -0.2) is 4.39 Å². The molecule has 158 valence electrons. The first-order valence-corrected chi connectivity index (χ1v) is 9.72. The molecule has 0 spiro atoms. The lowest BCUT2D eigenvalue weighted by atomic mass is 9.94. The summed E-state index contributed by atoms with van der Waals surface area (Å²) in [7, 11) is 5.45. The number of aliphatic hydroxyl groups is 1. The molecule has 30 heavy (non-hydrogen) atoms.